The summed E-state index contributed by atoms with van der Waals surface area (Å²) in [6, 6.07) is 10.3. The van der Waals surface area contributed by atoms with Crippen molar-refractivity contribution in [3.05, 3.63) is 50.9 Å². The van der Waals surface area contributed by atoms with Gasteiger partial charge in [-0.25, -0.2) is 0 Å². The predicted molar refractivity (Wildman–Crippen MR) is 118 cm³/mol. The minimum atomic E-state index is -0.611. The van der Waals surface area contributed by atoms with E-state index >= 15 is 0 Å². The Hall–Kier alpha value is -2.09. The van der Waals surface area contributed by atoms with Crippen LogP contribution in [0.15, 0.2) is 51.1 Å². The fourth-order valence-corrected chi connectivity index (χ4v) is 3.63. The molecule has 29 heavy (non-hydrogen) atoms. The van der Waals surface area contributed by atoms with Crippen LogP contribution in [0.5, 0.6) is 11.6 Å². The van der Waals surface area contributed by atoms with E-state index in [0.717, 1.165) is 22.8 Å². The molecule has 0 saturated heterocycles. The van der Waals surface area contributed by atoms with E-state index in [1.807, 2.05) is 18.2 Å². The molecule has 1 N–H and O–H groups in total. The van der Waals surface area contributed by atoms with Gasteiger partial charge in [0.2, 0.25) is 5.88 Å². The van der Waals surface area contributed by atoms with Gasteiger partial charge >= 0.3 is 5.91 Å². The fourth-order valence-electron chi connectivity index (χ4n) is 2.80. The third kappa shape index (κ3) is 5.10. The fraction of sp³-hybridized carbons (Fsp3) is 0.250. The number of amides is 1. The SMILES string of the molecule is CCCCn1c(O)c(N=NC(=O)COc2ccc(Cl)cc2Cl)c2cc(Br)ccc21. The maximum Gasteiger partial charge on any atom is 0.302 e. The molecule has 0 aliphatic rings. The Bertz CT molecular complexity index is 1080. The minimum Gasteiger partial charge on any atom is -0.493 e. The number of carbonyl (C=O) groups is 1. The molecular weight excluding hydrogens is 481 g/mol. The second-order valence-corrected chi connectivity index (χ2v) is 8.06. The van der Waals surface area contributed by atoms with E-state index in [2.05, 4.69) is 33.1 Å². The molecule has 3 rings (SSSR count). The smallest absolute Gasteiger partial charge is 0.302 e. The maximum atomic E-state index is 12.1. The molecule has 0 bridgehead atoms. The number of aromatic hydroxyl groups is 1. The normalized spacial score (nSPS) is 11.4. The van der Waals surface area contributed by atoms with Gasteiger partial charge in [-0.05, 0) is 42.8 Å². The molecule has 1 aromatic heterocycles. The Balaban J connectivity index is 1.81. The van der Waals surface area contributed by atoms with Crippen molar-refractivity contribution in [1.29, 1.82) is 0 Å². The lowest BCUT2D eigenvalue weighted by atomic mass is 10.2. The van der Waals surface area contributed by atoms with Crippen LogP contribution >= 0.6 is 39.1 Å². The van der Waals surface area contributed by atoms with Crippen LogP contribution in [0.4, 0.5) is 5.69 Å². The summed E-state index contributed by atoms with van der Waals surface area (Å²) in [6.45, 7) is 2.37. The van der Waals surface area contributed by atoms with Crippen LogP contribution in [0.3, 0.4) is 0 Å². The molecule has 0 unspecified atom stereocenters. The van der Waals surface area contributed by atoms with Gasteiger partial charge in [0, 0.05) is 21.4 Å². The number of hydrogen-bond acceptors (Lipinski definition) is 4. The summed E-state index contributed by atoms with van der Waals surface area (Å²) in [7, 11) is 0. The van der Waals surface area contributed by atoms with Gasteiger partial charge in [-0.3, -0.25) is 4.79 Å². The Labute approximate surface area is 186 Å². The van der Waals surface area contributed by atoms with Crippen molar-refractivity contribution in [2.75, 3.05) is 6.61 Å². The molecule has 0 fully saturated rings. The van der Waals surface area contributed by atoms with Crippen LogP contribution in [-0.2, 0) is 11.3 Å². The summed E-state index contributed by atoms with van der Waals surface area (Å²) >= 11 is 15.3. The van der Waals surface area contributed by atoms with Crippen LogP contribution in [-0.4, -0.2) is 22.2 Å². The zero-order chi connectivity index (χ0) is 21.0. The molecule has 0 aliphatic carbocycles. The van der Waals surface area contributed by atoms with E-state index in [4.69, 9.17) is 27.9 Å². The number of halogens is 3. The predicted octanol–water partition coefficient (Wildman–Crippen LogP) is 6.91. The first kappa shape index (κ1) is 21.6. The van der Waals surface area contributed by atoms with E-state index in [-0.39, 0.29) is 18.2 Å². The van der Waals surface area contributed by atoms with Gasteiger partial charge in [0.15, 0.2) is 12.3 Å². The lowest BCUT2D eigenvalue weighted by Gasteiger charge is -2.05. The quantitative estimate of drug-likeness (QED) is 0.359. The van der Waals surface area contributed by atoms with Crippen molar-refractivity contribution >= 4 is 61.6 Å². The average molecular weight is 499 g/mol. The zero-order valence-corrected chi connectivity index (χ0v) is 18.6. The minimum absolute atomic E-state index is 0.0234. The van der Waals surface area contributed by atoms with Gasteiger partial charge in [-0.2, -0.15) is 0 Å². The lowest BCUT2D eigenvalue weighted by molar-refractivity contribution is -0.120. The first-order valence-electron chi connectivity index (χ1n) is 8.93. The van der Waals surface area contributed by atoms with Gasteiger partial charge in [-0.1, -0.05) is 52.5 Å². The molecule has 0 atom stereocenters. The third-order valence-corrected chi connectivity index (χ3v) is 5.24. The monoisotopic (exact) mass is 497 g/mol. The van der Waals surface area contributed by atoms with Crippen LogP contribution in [0.25, 0.3) is 10.9 Å². The second kappa shape index (κ2) is 9.61. The molecule has 6 nitrogen and oxygen atoms in total. The van der Waals surface area contributed by atoms with Crippen LogP contribution < -0.4 is 4.74 Å². The van der Waals surface area contributed by atoms with E-state index in [1.54, 1.807) is 16.7 Å². The average Bonchev–Trinajstić information content (AvgIpc) is 2.94. The molecular formula is C20H18BrCl2N3O3. The number of aromatic nitrogens is 1. The molecule has 0 saturated carbocycles. The molecule has 0 spiro atoms. The van der Waals surface area contributed by atoms with E-state index < -0.39 is 5.91 Å². The van der Waals surface area contributed by atoms with E-state index in [9.17, 15) is 9.90 Å². The van der Waals surface area contributed by atoms with Crippen molar-refractivity contribution in [2.45, 2.75) is 26.3 Å². The molecule has 1 amide bonds. The largest absolute Gasteiger partial charge is 0.493 e. The molecule has 152 valence electrons. The highest BCUT2D eigenvalue weighted by molar-refractivity contribution is 9.10. The number of benzene rings is 2. The summed E-state index contributed by atoms with van der Waals surface area (Å²) in [4.78, 5) is 12.1. The molecule has 2 aromatic carbocycles. The zero-order valence-electron chi connectivity index (χ0n) is 15.5. The number of aryl methyl sites for hydroxylation is 1. The standard InChI is InChI=1S/C20H18BrCl2N3O3/c1-2-3-8-26-16-6-4-12(21)9-14(16)19(20(26)28)25-24-18(27)11-29-17-7-5-13(22)10-15(17)23/h4-7,9-10,28H,2-3,8,11H2,1H3. The highest BCUT2D eigenvalue weighted by atomic mass is 79.9. The van der Waals surface area contributed by atoms with Crippen LogP contribution in [0.2, 0.25) is 10.0 Å². The van der Waals surface area contributed by atoms with Crippen LogP contribution in [0, 0.1) is 0 Å². The number of hydrogen-bond donors (Lipinski definition) is 1. The topological polar surface area (TPSA) is 76.2 Å². The van der Waals surface area contributed by atoms with E-state index in [0.29, 0.717) is 27.7 Å². The summed E-state index contributed by atoms with van der Waals surface area (Å²) in [5.74, 6) is -0.313. The van der Waals surface area contributed by atoms with Crippen molar-refractivity contribution in [3.8, 4) is 11.6 Å². The van der Waals surface area contributed by atoms with Gasteiger partial charge < -0.3 is 14.4 Å². The molecule has 0 radical (unpaired) electrons. The molecule has 0 aliphatic heterocycles. The number of azo groups is 1. The van der Waals surface area contributed by atoms with Crippen molar-refractivity contribution in [1.82, 2.24) is 4.57 Å². The van der Waals surface area contributed by atoms with Gasteiger partial charge in [0.25, 0.3) is 0 Å². The number of ether oxygens (including phenoxy) is 1. The summed E-state index contributed by atoms with van der Waals surface area (Å²) < 4.78 is 7.97. The number of rotatable bonds is 7. The Morgan fingerprint density at radius 3 is 2.76 bits per heavy atom. The summed E-state index contributed by atoms with van der Waals surface area (Å²) in [5.41, 5.74) is 1.07. The molecule has 3 aromatic rings. The first-order chi connectivity index (χ1) is 13.9. The first-order valence-corrected chi connectivity index (χ1v) is 10.5. The second-order valence-electron chi connectivity index (χ2n) is 6.30. The Morgan fingerprint density at radius 1 is 1.24 bits per heavy atom. The Kier molecular flexibility index (Phi) is 7.16. The number of unbranched alkanes of at least 4 members (excludes halogenated alkanes) is 1. The number of carbonyl (C=O) groups excluding carboxylic acids is 1. The maximum absolute atomic E-state index is 12.1. The van der Waals surface area contributed by atoms with Crippen molar-refractivity contribution in [2.24, 2.45) is 10.2 Å². The lowest BCUT2D eigenvalue weighted by Crippen LogP contribution is -2.08. The van der Waals surface area contributed by atoms with Gasteiger partial charge in [0.05, 0.1) is 10.5 Å². The highest BCUT2D eigenvalue weighted by Gasteiger charge is 2.17. The Morgan fingerprint density at radius 2 is 2.03 bits per heavy atom. The summed E-state index contributed by atoms with van der Waals surface area (Å²) in [5, 5.41) is 19.8. The van der Waals surface area contributed by atoms with E-state index in [1.165, 1.54) is 6.07 Å². The number of nitrogens with zero attached hydrogens (tertiary/aromatic N) is 3. The van der Waals surface area contributed by atoms with Crippen molar-refractivity contribution < 1.29 is 14.6 Å². The van der Waals surface area contributed by atoms with Crippen molar-refractivity contribution in [3.63, 3.8) is 0 Å². The van der Waals surface area contributed by atoms with Gasteiger partial charge in [-0.15, -0.1) is 10.2 Å². The van der Waals surface area contributed by atoms with Crippen LogP contribution in [0.1, 0.15) is 19.8 Å². The third-order valence-electron chi connectivity index (χ3n) is 4.21. The number of fused-ring (bicyclic) bond motifs is 1. The highest BCUT2D eigenvalue weighted by Crippen LogP contribution is 2.40. The molecule has 9 heteroatoms. The summed E-state index contributed by atoms with van der Waals surface area (Å²) in [6.07, 6.45) is 1.88. The van der Waals surface area contributed by atoms with Gasteiger partial charge in [0.1, 0.15) is 5.75 Å². The molecule has 1 heterocycles.